The van der Waals surface area contributed by atoms with Crippen LogP contribution in [0.15, 0.2) is 12.3 Å². The maximum Gasteiger partial charge on any atom is 0.231 e. The molecule has 106 valence electrons. The highest BCUT2D eigenvalue weighted by Crippen LogP contribution is 2.12. The average Bonchev–Trinajstić information content (AvgIpc) is 2.81. The van der Waals surface area contributed by atoms with E-state index in [0.29, 0.717) is 12.6 Å². The van der Waals surface area contributed by atoms with E-state index < -0.39 is 0 Å². The standard InChI is InChI=1S/C13H23N5O/c1-17-11(4-8-16-17)5-9-18(10-13(14)19)12-2-6-15-7-3-12/h4,8,12,15H,2-3,5-7,9-10H2,1H3,(H2,14,19). The Morgan fingerprint density at radius 2 is 2.32 bits per heavy atom. The van der Waals surface area contributed by atoms with Crippen LogP contribution in [0.1, 0.15) is 18.5 Å². The van der Waals surface area contributed by atoms with Crippen molar-refractivity contribution in [1.29, 1.82) is 0 Å². The fourth-order valence-electron chi connectivity index (χ4n) is 2.67. The van der Waals surface area contributed by atoms with Gasteiger partial charge in [0.15, 0.2) is 0 Å². The molecule has 3 N–H and O–H groups in total. The third-order valence-electron chi connectivity index (χ3n) is 3.76. The van der Waals surface area contributed by atoms with Gasteiger partial charge >= 0.3 is 0 Å². The smallest absolute Gasteiger partial charge is 0.231 e. The van der Waals surface area contributed by atoms with Gasteiger partial charge in [-0.25, -0.2) is 0 Å². The number of nitrogens with one attached hydrogen (secondary N) is 1. The third-order valence-corrected chi connectivity index (χ3v) is 3.76. The van der Waals surface area contributed by atoms with Crippen LogP contribution >= 0.6 is 0 Å². The Labute approximate surface area is 113 Å². The number of rotatable bonds is 6. The SMILES string of the molecule is Cn1nccc1CCN(CC(N)=O)C1CCNCC1. The van der Waals surface area contributed by atoms with Crippen LogP contribution in [0.4, 0.5) is 0 Å². The maximum atomic E-state index is 11.2. The first-order chi connectivity index (χ1) is 9.16. The number of hydrogen-bond acceptors (Lipinski definition) is 4. The molecule has 6 nitrogen and oxygen atoms in total. The minimum Gasteiger partial charge on any atom is -0.369 e. The lowest BCUT2D eigenvalue weighted by molar-refractivity contribution is -0.119. The van der Waals surface area contributed by atoms with Crippen LogP contribution in [0.3, 0.4) is 0 Å². The molecular weight excluding hydrogens is 242 g/mol. The van der Waals surface area contributed by atoms with Crippen molar-refractivity contribution in [2.45, 2.75) is 25.3 Å². The molecule has 1 aromatic heterocycles. The van der Waals surface area contributed by atoms with Crippen LogP contribution in [0.5, 0.6) is 0 Å². The van der Waals surface area contributed by atoms with Gasteiger partial charge < -0.3 is 11.1 Å². The molecule has 0 aliphatic carbocycles. The van der Waals surface area contributed by atoms with Crippen molar-refractivity contribution < 1.29 is 4.79 Å². The molecule has 0 atom stereocenters. The summed E-state index contributed by atoms with van der Waals surface area (Å²) in [4.78, 5) is 13.4. The van der Waals surface area contributed by atoms with Crippen molar-refractivity contribution in [3.8, 4) is 0 Å². The molecule has 1 amide bonds. The predicted molar refractivity (Wildman–Crippen MR) is 73.6 cm³/mol. The van der Waals surface area contributed by atoms with Crippen LogP contribution in [0.25, 0.3) is 0 Å². The van der Waals surface area contributed by atoms with Gasteiger partial charge in [0.25, 0.3) is 0 Å². The van der Waals surface area contributed by atoms with Gasteiger partial charge in [0.05, 0.1) is 6.54 Å². The second-order valence-corrected chi connectivity index (χ2v) is 5.11. The largest absolute Gasteiger partial charge is 0.369 e. The molecule has 0 saturated carbocycles. The number of amides is 1. The van der Waals surface area contributed by atoms with Crippen LogP contribution in [0, 0.1) is 0 Å². The van der Waals surface area contributed by atoms with Gasteiger partial charge in [0.2, 0.25) is 5.91 Å². The van der Waals surface area contributed by atoms with Crippen molar-refractivity contribution in [3.05, 3.63) is 18.0 Å². The number of primary amides is 1. The number of carbonyl (C=O) groups excluding carboxylic acids is 1. The van der Waals surface area contributed by atoms with Crippen molar-refractivity contribution in [1.82, 2.24) is 20.0 Å². The molecule has 2 rings (SSSR count). The van der Waals surface area contributed by atoms with E-state index in [9.17, 15) is 4.79 Å². The number of nitrogens with zero attached hydrogens (tertiary/aromatic N) is 3. The molecule has 2 heterocycles. The average molecular weight is 265 g/mol. The summed E-state index contributed by atoms with van der Waals surface area (Å²) < 4.78 is 1.88. The van der Waals surface area contributed by atoms with E-state index in [-0.39, 0.29) is 5.91 Å². The molecular formula is C13H23N5O. The van der Waals surface area contributed by atoms with E-state index in [4.69, 9.17) is 5.73 Å². The van der Waals surface area contributed by atoms with Gasteiger partial charge in [-0.15, -0.1) is 0 Å². The van der Waals surface area contributed by atoms with Crippen molar-refractivity contribution >= 4 is 5.91 Å². The lowest BCUT2D eigenvalue weighted by Crippen LogP contribution is -2.47. The fourth-order valence-corrected chi connectivity index (χ4v) is 2.67. The summed E-state index contributed by atoms with van der Waals surface area (Å²) in [6.45, 7) is 3.24. The summed E-state index contributed by atoms with van der Waals surface area (Å²) in [5.41, 5.74) is 6.55. The first-order valence-electron chi connectivity index (χ1n) is 6.87. The molecule has 1 aromatic rings. The number of piperidine rings is 1. The number of nitrogens with two attached hydrogens (primary N) is 1. The van der Waals surface area contributed by atoms with Crippen molar-refractivity contribution in [2.75, 3.05) is 26.2 Å². The summed E-state index contributed by atoms with van der Waals surface area (Å²) in [6, 6.07) is 2.48. The first-order valence-corrected chi connectivity index (χ1v) is 6.87. The van der Waals surface area contributed by atoms with E-state index in [1.54, 1.807) is 6.20 Å². The normalized spacial score (nSPS) is 16.9. The van der Waals surface area contributed by atoms with Gasteiger partial charge in [0, 0.05) is 37.9 Å². The highest BCUT2D eigenvalue weighted by atomic mass is 16.1. The molecule has 0 bridgehead atoms. The Balaban J connectivity index is 1.93. The molecule has 0 radical (unpaired) electrons. The topological polar surface area (TPSA) is 76.2 Å². The van der Waals surface area contributed by atoms with E-state index in [0.717, 1.165) is 38.9 Å². The van der Waals surface area contributed by atoms with Crippen LogP contribution < -0.4 is 11.1 Å². The summed E-state index contributed by atoms with van der Waals surface area (Å²) in [6.07, 6.45) is 4.86. The minimum atomic E-state index is -0.247. The Morgan fingerprint density at radius 3 is 2.89 bits per heavy atom. The summed E-state index contributed by atoms with van der Waals surface area (Å²) in [5.74, 6) is -0.247. The molecule has 1 aliphatic rings. The van der Waals surface area contributed by atoms with Gasteiger partial charge in [-0.2, -0.15) is 5.10 Å². The molecule has 19 heavy (non-hydrogen) atoms. The van der Waals surface area contributed by atoms with Gasteiger partial charge in [0.1, 0.15) is 0 Å². The fraction of sp³-hybridized carbons (Fsp3) is 0.692. The van der Waals surface area contributed by atoms with E-state index in [1.807, 2.05) is 17.8 Å². The molecule has 1 fully saturated rings. The van der Waals surface area contributed by atoms with Crippen LogP contribution in [-0.2, 0) is 18.3 Å². The number of carbonyl (C=O) groups is 1. The van der Waals surface area contributed by atoms with Crippen LogP contribution in [0.2, 0.25) is 0 Å². The lowest BCUT2D eigenvalue weighted by atomic mass is 10.0. The molecule has 1 saturated heterocycles. The van der Waals surface area contributed by atoms with Gasteiger partial charge in [-0.1, -0.05) is 0 Å². The van der Waals surface area contributed by atoms with Gasteiger partial charge in [-0.3, -0.25) is 14.4 Å². The zero-order valence-electron chi connectivity index (χ0n) is 11.5. The highest BCUT2D eigenvalue weighted by Gasteiger charge is 2.22. The number of hydrogen-bond donors (Lipinski definition) is 2. The van der Waals surface area contributed by atoms with Gasteiger partial charge in [-0.05, 0) is 32.0 Å². The number of aromatic nitrogens is 2. The summed E-state index contributed by atoms with van der Waals surface area (Å²) in [5, 5.41) is 7.51. The molecule has 1 aliphatic heterocycles. The molecule has 0 aromatic carbocycles. The Morgan fingerprint density at radius 1 is 1.58 bits per heavy atom. The van der Waals surface area contributed by atoms with E-state index in [2.05, 4.69) is 15.3 Å². The Bertz CT molecular complexity index is 411. The Kier molecular flexibility index (Phi) is 4.93. The maximum absolute atomic E-state index is 11.2. The summed E-state index contributed by atoms with van der Waals surface area (Å²) >= 11 is 0. The zero-order valence-corrected chi connectivity index (χ0v) is 11.5. The highest BCUT2D eigenvalue weighted by molar-refractivity contribution is 5.75. The molecule has 0 unspecified atom stereocenters. The number of aryl methyl sites for hydroxylation is 1. The monoisotopic (exact) mass is 265 g/mol. The van der Waals surface area contributed by atoms with Crippen LogP contribution in [-0.4, -0.2) is 52.8 Å². The molecule has 6 heteroatoms. The van der Waals surface area contributed by atoms with Crippen molar-refractivity contribution in [2.24, 2.45) is 12.8 Å². The second kappa shape index (κ2) is 6.68. The van der Waals surface area contributed by atoms with E-state index in [1.165, 1.54) is 5.69 Å². The van der Waals surface area contributed by atoms with E-state index >= 15 is 0 Å². The lowest BCUT2D eigenvalue weighted by Gasteiger charge is -2.33. The van der Waals surface area contributed by atoms with Crippen molar-refractivity contribution in [3.63, 3.8) is 0 Å². The second-order valence-electron chi connectivity index (χ2n) is 5.11. The minimum absolute atomic E-state index is 0.247. The Hall–Kier alpha value is -1.40. The zero-order chi connectivity index (χ0) is 13.7. The summed E-state index contributed by atoms with van der Waals surface area (Å²) in [7, 11) is 1.94. The third kappa shape index (κ3) is 4.04. The quantitative estimate of drug-likeness (QED) is 0.727. The predicted octanol–water partition coefficient (Wildman–Crippen LogP) is -0.498. The molecule has 0 spiro atoms. The first kappa shape index (κ1) is 14.0.